The fraction of sp³-hybridized carbons (Fsp3) is 0.278. The van der Waals surface area contributed by atoms with Gasteiger partial charge in [-0.1, -0.05) is 23.6 Å². The molecule has 0 fully saturated rings. The molecule has 2 rings (SSSR count). The Morgan fingerprint density at radius 3 is 2.77 bits per heavy atom. The van der Waals surface area contributed by atoms with E-state index in [1.54, 1.807) is 60.5 Å². The molecule has 1 aromatic carbocycles. The lowest BCUT2D eigenvalue weighted by atomic mass is 10.2. The Balaban J connectivity index is 1.96. The lowest BCUT2D eigenvalue weighted by Gasteiger charge is -2.10. The molecular formula is C18H21N3O2S3. The van der Waals surface area contributed by atoms with Crippen LogP contribution in [0.1, 0.15) is 17.5 Å². The first-order valence-corrected chi connectivity index (χ1v) is 11.5. The van der Waals surface area contributed by atoms with E-state index in [-0.39, 0.29) is 4.90 Å². The summed E-state index contributed by atoms with van der Waals surface area (Å²) < 4.78 is 25.1. The van der Waals surface area contributed by atoms with E-state index >= 15 is 0 Å². The molecule has 8 heteroatoms. The van der Waals surface area contributed by atoms with Crippen LogP contribution in [-0.2, 0) is 15.6 Å². The molecule has 1 heterocycles. The molecule has 1 aromatic heterocycles. The number of thioether (sulfide) groups is 1. The van der Waals surface area contributed by atoms with E-state index < -0.39 is 9.84 Å². The van der Waals surface area contributed by atoms with Gasteiger partial charge >= 0.3 is 0 Å². The second-order valence-corrected chi connectivity index (χ2v) is 9.18. The Bertz CT molecular complexity index is 878. The van der Waals surface area contributed by atoms with Crippen molar-refractivity contribution in [1.29, 1.82) is 0 Å². The highest BCUT2D eigenvalue weighted by atomic mass is 32.2. The highest BCUT2D eigenvalue weighted by Gasteiger charge is 2.12. The zero-order valence-electron chi connectivity index (χ0n) is 14.7. The van der Waals surface area contributed by atoms with Gasteiger partial charge < -0.3 is 10.6 Å². The number of hydrogen-bond donors (Lipinski definition) is 2. The van der Waals surface area contributed by atoms with Crippen molar-refractivity contribution in [1.82, 2.24) is 15.6 Å². The molecule has 0 radical (unpaired) electrons. The summed E-state index contributed by atoms with van der Waals surface area (Å²) in [6.07, 6.45) is 1.79. The largest absolute Gasteiger partial charge is 0.370 e. The van der Waals surface area contributed by atoms with Crippen LogP contribution in [0, 0.1) is 18.9 Å². The van der Waals surface area contributed by atoms with Crippen molar-refractivity contribution in [2.24, 2.45) is 0 Å². The fourth-order valence-corrected chi connectivity index (χ4v) is 4.60. The van der Waals surface area contributed by atoms with Crippen LogP contribution in [0.25, 0.3) is 0 Å². The standard InChI is InChI=1S/C18H21N3O2S3/c1-3-8-19-17(20-9-11-24-13-18-21-10-12-25-18)14-26(22,23)16-6-4-15(2)5-7-16/h4-7,10,12,14,19-20H,9,11,13H2,1-2H3/b17-14-. The smallest absolute Gasteiger partial charge is 0.203 e. The van der Waals surface area contributed by atoms with Crippen LogP contribution in [-0.4, -0.2) is 25.7 Å². The van der Waals surface area contributed by atoms with Crippen molar-refractivity contribution >= 4 is 32.9 Å². The van der Waals surface area contributed by atoms with Gasteiger partial charge in [-0.15, -0.1) is 11.3 Å². The number of aromatic nitrogens is 1. The Morgan fingerprint density at radius 2 is 2.12 bits per heavy atom. The minimum absolute atomic E-state index is 0.256. The van der Waals surface area contributed by atoms with Crippen molar-refractivity contribution < 1.29 is 8.42 Å². The molecule has 0 unspecified atom stereocenters. The van der Waals surface area contributed by atoms with Crippen LogP contribution < -0.4 is 10.6 Å². The molecule has 0 bridgehead atoms. The lowest BCUT2D eigenvalue weighted by molar-refractivity contribution is 0.603. The van der Waals surface area contributed by atoms with Crippen molar-refractivity contribution in [2.75, 3.05) is 12.3 Å². The molecule has 0 aliphatic carbocycles. The molecule has 0 spiro atoms. The van der Waals surface area contributed by atoms with E-state index in [2.05, 4.69) is 27.6 Å². The zero-order chi connectivity index (χ0) is 18.8. The average Bonchev–Trinajstić information content (AvgIpc) is 3.12. The maximum atomic E-state index is 12.5. The number of sulfone groups is 1. The van der Waals surface area contributed by atoms with Gasteiger partial charge in [0.2, 0.25) is 9.84 Å². The number of thiazole rings is 1. The number of rotatable bonds is 9. The maximum absolute atomic E-state index is 12.5. The molecule has 0 aliphatic heterocycles. The second-order valence-electron chi connectivity index (χ2n) is 5.29. The summed E-state index contributed by atoms with van der Waals surface area (Å²) in [5.41, 5.74) is 1.01. The Labute approximate surface area is 163 Å². The Hall–Kier alpha value is -1.95. The van der Waals surface area contributed by atoms with Crippen LogP contribution in [0.15, 0.2) is 52.0 Å². The third kappa shape index (κ3) is 6.75. The van der Waals surface area contributed by atoms with Gasteiger partial charge in [-0.05, 0) is 26.0 Å². The molecule has 0 aliphatic rings. The van der Waals surface area contributed by atoms with E-state index in [9.17, 15) is 8.42 Å². The van der Waals surface area contributed by atoms with Crippen molar-refractivity contribution in [3.8, 4) is 12.0 Å². The summed E-state index contributed by atoms with van der Waals surface area (Å²) in [5, 5.41) is 10.1. The molecule has 0 saturated carbocycles. The summed E-state index contributed by atoms with van der Waals surface area (Å²) in [5.74, 6) is 4.74. The first kappa shape index (κ1) is 20.4. The van der Waals surface area contributed by atoms with Gasteiger partial charge in [0.15, 0.2) is 0 Å². The molecule has 2 N–H and O–H groups in total. The van der Waals surface area contributed by atoms with Crippen LogP contribution in [0.4, 0.5) is 0 Å². The molecule has 138 valence electrons. The lowest BCUT2D eigenvalue weighted by Crippen LogP contribution is -2.26. The Kier molecular flexibility index (Phi) is 8.04. The summed E-state index contributed by atoms with van der Waals surface area (Å²) >= 11 is 3.37. The fourth-order valence-electron chi connectivity index (χ4n) is 1.94. The van der Waals surface area contributed by atoms with E-state index in [1.807, 2.05) is 12.3 Å². The summed E-state index contributed by atoms with van der Waals surface area (Å²) in [6, 6.07) is 9.46. The molecule has 0 amide bonds. The normalized spacial score (nSPS) is 11.5. The summed E-state index contributed by atoms with van der Waals surface area (Å²) in [6.45, 7) is 4.22. The van der Waals surface area contributed by atoms with Crippen molar-refractivity contribution in [2.45, 2.75) is 24.5 Å². The third-order valence-electron chi connectivity index (χ3n) is 3.22. The third-order valence-corrected chi connectivity index (χ3v) is 6.62. The van der Waals surface area contributed by atoms with Gasteiger partial charge in [0.25, 0.3) is 0 Å². The Morgan fingerprint density at radius 1 is 1.35 bits per heavy atom. The highest BCUT2D eigenvalue weighted by Crippen LogP contribution is 2.15. The summed E-state index contributed by atoms with van der Waals surface area (Å²) in [7, 11) is -3.55. The van der Waals surface area contributed by atoms with Gasteiger partial charge in [0.1, 0.15) is 10.8 Å². The average molecular weight is 408 g/mol. The number of hydrogen-bond acceptors (Lipinski definition) is 7. The summed E-state index contributed by atoms with van der Waals surface area (Å²) in [4.78, 5) is 4.49. The van der Waals surface area contributed by atoms with Crippen LogP contribution in [0.3, 0.4) is 0 Å². The first-order chi connectivity index (χ1) is 12.5. The zero-order valence-corrected chi connectivity index (χ0v) is 17.1. The number of nitrogens with one attached hydrogen (secondary N) is 2. The van der Waals surface area contributed by atoms with Gasteiger partial charge in [-0.2, -0.15) is 11.8 Å². The quantitative estimate of drug-likeness (QED) is 0.378. The van der Waals surface area contributed by atoms with E-state index in [0.29, 0.717) is 12.4 Å². The van der Waals surface area contributed by atoms with Crippen LogP contribution in [0.2, 0.25) is 0 Å². The van der Waals surface area contributed by atoms with Gasteiger partial charge in [0, 0.05) is 35.7 Å². The molecular weight excluding hydrogens is 386 g/mol. The predicted molar refractivity (Wildman–Crippen MR) is 109 cm³/mol. The molecule has 5 nitrogen and oxygen atoms in total. The highest BCUT2D eigenvalue weighted by molar-refractivity contribution is 7.98. The molecule has 26 heavy (non-hydrogen) atoms. The minimum Gasteiger partial charge on any atom is -0.370 e. The maximum Gasteiger partial charge on any atom is 0.203 e. The SMILES string of the molecule is CC#CN/C(=C/S(=O)(=O)c1ccc(C)cc1)NCCSCc1nccs1. The monoisotopic (exact) mass is 407 g/mol. The molecule has 0 saturated heterocycles. The number of benzene rings is 1. The molecule has 0 atom stereocenters. The second kappa shape index (κ2) is 10.3. The topological polar surface area (TPSA) is 71.1 Å². The van der Waals surface area contributed by atoms with Gasteiger partial charge in [-0.3, -0.25) is 0 Å². The van der Waals surface area contributed by atoms with Crippen molar-refractivity contribution in [3.05, 3.63) is 57.6 Å². The van der Waals surface area contributed by atoms with Crippen LogP contribution in [0.5, 0.6) is 0 Å². The van der Waals surface area contributed by atoms with E-state index in [1.165, 1.54) is 5.41 Å². The number of aryl methyl sites for hydroxylation is 1. The van der Waals surface area contributed by atoms with E-state index in [4.69, 9.17) is 0 Å². The predicted octanol–water partition coefficient (Wildman–Crippen LogP) is 3.12. The van der Waals surface area contributed by atoms with Gasteiger partial charge in [-0.25, -0.2) is 13.4 Å². The number of nitrogens with zero attached hydrogens (tertiary/aromatic N) is 1. The molecule has 2 aromatic rings. The van der Waals surface area contributed by atoms with E-state index in [0.717, 1.165) is 22.1 Å². The first-order valence-electron chi connectivity index (χ1n) is 7.92. The van der Waals surface area contributed by atoms with Crippen molar-refractivity contribution in [3.63, 3.8) is 0 Å². The van der Waals surface area contributed by atoms with Crippen LogP contribution >= 0.6 is 23.1 Å². The minimum atomic E-state index is -3.55. The van der Waals surface area contributed by atoms with Gasteiger partial charge in [0.05, 0.1) is 10.3 Å².